The molecule has 0 aromatic heterocycles. The van der Waals surface area contributed by atoms with E-state index in [4.69, 9.17) is 14.7 Å². The van der Waals surface area contributed by atoms with Crippen LogP contribution in [0.2, 0.25) is 0 Å². The fourth-order valence-electron chi connectivity index (χ4n) is 1.59. The highest BCUT2D eigenvalue weighted by Gasteiger charge is 2.10. The van der Waals surface area contributed by atoms with E-state index >= 15 is 0 Å². The van der Waals surface area contributed by atoms with Gasteiger partial charge in [-0.05, 0) is 32.9 Å². The minimum atomic E-state index is -0.680. The normalized spacial score (nSPS) is 13.4. The van der Waals surface area contributed by atoms with Crippen LogP contribution >= 0.6 is 0 Å². The molecule has 5 heteroatoms. The second-order valence-electron chi connectivity index (χ2n) is 4.31. The van der Waals surface area contributed by atoms with Crippen LogP contribution in [0.4, 0.5) is 0 Å². The number of aliphatic hydroxyl groups excluding tert-OH is 1. The van der Waals surface area contributed by atoms with E-state index in [2.05, 4.69) is 5.16 Å². The van der Waals surface area contributed by atoms with Gasteiger partial charge in [-0.2, -0.15) is 0 Å². The number of oxime groups is 1. The number of rotatable bonds is 7. The third-order valence-corrected chi connectivity index (χ3v) is 2.62. The lowest BCUT2D eigenvalue weighted by molar-refractivity contribution is 0.0164. The van der Waals surface area contributed by atoms with Gasteiger partial charge in [-0.15, -0.1) is 0 Å². The summed E-state index contributed by atoms with van der Waals surface area (Å²) in [5.74, 6) is 0.580. The van der Waals surface area contributed by atoms with Crippen molar-refractivity contribution in [3.8, 4) is 5.75 Å². The van der Waals surface area contributed by atoms with E-state index in [0.717, 1.165) is 5.56 Å². The predicted molar refractivity (Wildman–Crippen MR) is 73.2 cm³/mol. The lowest BCUT2D eigenvalue weighted by atomic mass is 10.1. The molecule has 0 amide bonds. The molecular weight excluding hydrogens is 246 g/mol. The van der Waals surface area contributed by atoms with Gasteiger partial charge < -0.3 is 19.8 Å². The van der Waals surface area contributed by atoms with Crippen molar-refractivity contribution in [2.24, 2.45) is 5.16 Å². The zero-order chi connectivity index (χ0) is 14.3. The molecule has 19 heavy (non-hydrogen) atoms. The first kappa shape index (κ1) is 15.5. The Labute approximate surface area is 113 Å². The lowest BCUT2D eigenvalue weighted by Gasteiger charge is -2.15. The van der Waals surface area contributed by atoms with Gasteiger partial charge in [0.25, 0.3) is 0 Å². The number of hydrogen-bond acceptors (Lipinski definition) is 5. The zero-order valence-corrected chi connectivity index (χ0v) is 11.6. The number of ether oxygens (including phenoxy) is 2. The molecule has 0 aliphatic carbocycles. The highest BCUT2D eigenvalue weighted by Crippen LogP contribution is 2.21. The van der Waals surface area contributed by atoms with Crippen LogP contribution in [0.1, 0.15) is 25.0 Å². The van der Waals surface area contributed by atoms with Gasteiger partial charge in [0, 0.05) is 12.2 Å². The molecule has 5 nitrogen and oxygen atoms in total. The molecule has 0 aliphatic heterocycles. The smallest absolute Gasteiger partial charge is 0.128 e. The Morgan fingerprint density at radius 3 is 2.74 bits per heavy atom. The van der Waals surface area contributed by atoms with Crippen molar-refractivity contribution >= 4 is 5.71 Å². The first-order valence-electron chi connectivity index (χ1n) is 6.26. The van der Waals surface area contributed by atoms with Crippen molar-refractivity contribution in [2.75, 3.05) is 19.8 Å². The number of benzene rings is 1. The second-order valence-corrected chi connectivity index (χ2v) is 4.31. The fraction of sp³-hybridized carbons (Fsp3) is 0.500. The molecule has 106 valence electrons. The highest BCUT2D eigenvalue weighted by atomic mass is 16.5. The van der Waals surface area contributed by atoms with Gasteiger partial charge in [0.15, 0.2) is 0 Å². The van der Waals surface area contributed by atoms with E-state index in [-0.39, 0.29) is 13.2 Å². The van der Waals surface area contributed by atoms with Crippen LogP contribution in [0.5, 0.6) is 5.75 Å². The summed E-state index contributed by atoms with van der Waals surface area (Å²) in [6.45, 7) is 6.44. The zero-order valence-electron chi connectivity index (χ0n) is 11.6. The molecule has 0 fully saturated rings. The van der Waals surface area contributed by atoms with Gasteiger partial charge in [-0.25, -0.2) is 0 Å². The van der Waals surface area contributed by atoms with Crippen molar-refractivity contribution in [2.45, 2.75) is 26.9 Å². The minimum Gasteiger partial charge on any atom is -0.490 e. The summed E-state index contributed by atoms with van der Waals surface area (Å²) in [4.78, 5) is 0. The quantitative estimate of drug-likeness (QED) is 0.450. The van der Waals surface area contributed by atoms with Gasteiger partial charge >= 0.3 is 0 Å². The summed E-state index contributed by atoms with van der Waals surface area (Å²) in [6, 6.07) is 5.57. The maximum absolute atomic E-state index is 9.65. The number of aliphatic hydroxyl groups is 1. The third-order valence-electron chi connectivity index (χ3n) is 2.62. The van der Waals surface area contributed by atoms with E-state index in [9.17, 15) is 5.11 Å². The van der Waals surface area contributed by atoms with Crippen LogP contribution in [0.25, 0.3) is 0 Å². The Hall–Kier alpha value is -1.59. The first-order valence-corrected chi connectivity index (χ1v) is 6.26. The Bertz CT molecular complexity index is 431. The molecule has 0 saturated carbocycles. The highest BCUT2D eigenvalue weighted by molar-refractivity contribution is 6.00. The van der Waals surface area contributed by atoms with Gasteiger partial charge in [-0.1, -0.05) is 16.8 Å². The van der Waals surface area contributed by atoms with Crippen LogP contribution in [-0.4, -0.2) is 42.0 Å². The van der Waals surface area contributed by atoms with Gasteiger partial charge in [0.2, 0.25) is 0 Å². The van der Waals surface area contributed by atoms with Crippen LogP contribution < -0.4 is 4.74 Å². The van der Waals surface area contributed by atoms with Crippen LogP contribution in [-0.2, 0) is 4.74 Å². The average molecular weight is 267 g/mol. The molecule has 0 radical (unpaired) electrons. The van der Waals surface area contributed by atoms with Gasteiger partial charge in [-0.3, -0.25) is 0 Å². The Morgan fingerprint density at radius 1 is 1.37 bits per heavy atom. The maximum atomic E-state index is 9.65. The first-order chi connectivity index (χ1) is 9.08. The summed E-state index contributed by atoms with van der Waals surface area (Å²) >= 11 is 0. The Balaban J connectivity index is 2.72. The number of hydrogen-bond donors (Lipinski definition) is 2. The van der Waals surface area contributed by atoms with Crippen molar-refractivity contribution in [1.29, 1.82) is 0 Å². The molecule has 0 spiro atoms. The van der Waals surface area contributed by atoms with Crippen molar-refractivity contribution in [3.05, 3.63) is 29.3 Å². The van der Waals surface area contributed by atoms with Gasteiger partial charge in [0.05, 0.1) is 12.3 Å². The molecule has 1 rings (SSSR count). The molecule has 0 aliphatic rings. The molecule has 1 aromatic rings. The summed E-state index contributed by atoms with van der Waals surface area (Å²) in [5, 5.41) is 21.7. The standard InChI is InChI=1S/C14H21NO4/c1-4-18-8-12(16)9-19-14-6-5-10(2)7-13(14)11(3)15-17/h5-7,12,16-17H,4,8-9H2,1-3H3. The molecule has 1 aromatic carbocycles. The minimum absolute atomic E-state index is 0.134. The van der Waals surface area contributed by atoms with Gasteiger partial charge in [0.1, 0.15) is 18.5 Å². The Kier molecular flexibility index (Phi) is 6.32. The molecule has 2 N–H and O–H groups in total. The van der Waals surface area contributed by atoms with Crippen LogP contribution in [0, 0.1) is 6.92 Å². The monoisotopic (exact) mass is 267 g/mol. The third kappa shape index (κ3) is 4.89. The second kappa shape index (κ2) is 7.76. The van der Waals surface area contributed by atoms with Crippen LogP contribution in [0.15, 0.2) is 23.4 Å². The summed E-state index contributed by atoms with van der Waals surface area (Å²) in [7, 11) is 0. The maximum Gasteiger partial charge on any atom is 0.128 e. The fourth-order valence-corrected chi connectivity index (χ4v) is 1.59. The summed E-state index contributed by atoms with van der Waals surface area (Å²) in [5.41, 5.74) is 2.23. The summed E-state index contributed by atoms with van der Waals surface area (Å²) in [6.07, 6.45) is -0.680. The lowest BCUT2D eigenvalue weighted by Crippen LogP contribution is -2.23. The van der Waals surface area contributed by atoms with Crippen molar-refractivity contribution < 1.29 is 19.8 Å². The molecule has 0 bridgehead atoms. The van der Waals surface area contributed by atoms with Crippen molar-refractivity contribution in [1.82, 2.24) is 0 Å². The molecule has 0 saturated heterocycles. The Morgan fingerprint density at radius 2 is 2.11 bits per heavy atom. The predicted octanol–water partition coefficient (Wildman–Crippen LogP) is 1.97. The van der Waals surface area contributed by atoms with E-state index in [0.29, 0.717) is 23.6 Å². The molecule has 0 heterocycles. The number of aryl methyl sites for hydroxylation is 1. The van der Waals surface area contributed by atoms with Crippen LogP contribution in [0.3, 0.4) is 0 Å². The van der Waals surface area contributed by atoms with E-state index < -0.39 is 6.10 Å². The largest absolute Gasteiger partial charge is 0.490 e. The van der Waals surface area contributed by atoms with E-state index in [1.165, 1.54) is 0 Å². The average Bonchev–Trinajstić information content (AvgIpc) is 2.42. The molecule has 1 unspecified atom stereocenters. The summed E-state index contributed by atoms with van der Waals surface area (Å²) < 4.78 is 10.7. The van der Waals surface area contributed by atoms with Crippen molar-refractivity contribution in [3.63, 3.8) is 0 Å². The number of nitrogens with zero attached hydrogens (tertiary/aromatic N) is 1. The van der Waals surface area contributed by atoms with E-state index in [1.54, 1.807) is 13.0 Å². The van der Waals surface area contributed by atoms with E-state index in [1.807, 2.05) is 26.0 Å². The molecule has 1 atom stereocenters. The molecular formula is C14H21NO4. The SMILES string of the molecule is CCOCC(O)COc1ccc(C)cc1C(C)=NO. The topological polar surface area (TPSA) is 71.3 Å².